The molecule has 0 unspecified atom stereocenters. The summed E-state index contributed by atoms with van der Waals surface area (Å²) < 4.78 is 18.7. The van der Waals surface area contributed by atoms with Crippen LogP contribution < -0.4 is 9.64 Å². The smallest absolute Gasteiger partial charge is 0.228 e. The number of halogens is 1. The van der Waals surface area contributed by atoms with E-state index in [-0.39, 0.29) is 5.82 Å². The van der Waals surface area contributed by atoms with Crippen LogP contribution in [0.2, 0.25) is 0 Å². The van der Waals surface area contributed by atoms with E-state index in [4.69, 9.17) is 4.74 Å². The summed E-state index contributed by atoms with van der Waals surface area (Å²) in [6.45, 7) is 7.36. The van der Waals surface area contributed by atoms with Crippen LogP contribution in [0, 0.1) is 5.82 Å². The molecule has 0 aliphatic carbocycles. The fraction of sp³-hybridized carbons (Fsp3) is 0.444. The first-order valence-corrected chi connectivity index (χ1v) is 8.48. The van der Waals surface area contributed by atoms with Crippen molar-refractivity contribution in [3.05, 3.63) is 42.3 Å². The molecule has 5 nitrogen and oxygen atoms in total. The third kappa shape index (κ3) is 4.41. The highest BCUT2D eigenvalue weighted by molar-refractivity contribution is 5.34. The van der Waals surface area contributed by atoms with E-state index >= 15 is 0 Å². The Kier molecular flexibility index (Phi) is 5.59. The maximum Gasteiger partial charge on any atom is 0.228 e. The van der Waals surface area contributed by atoms with E-state index in [1.54, 1.807) is 24.4 Å². The maximum absolute atomic E-state index is 13.0. The molecule has 1 fully saturated rings. The standard InChI is InChI=1S/C18H23FN4O/c1-2-10-22-11-3-12-23(14-13-22)18-20-9-8-17(21-18)24-16-6-4-15(19)5-7-16/h4-9H,2-3,10-14H2,1H3. The Hall–Kier alpha value is -2.21. The molecule has 1 aliphatic rings. The van der Waals surface area contributed by atoms with Gasteiger partial charge in [-0.1, -0.05) is 6.92 Å². The Morgan fingerprint density at radius 1 is 1.08 bits per heavy atom. The third-order valence-electron chi connectivity index (χ3n) is 4.06. The molecule has 6 heteroatoms. The Labute approximate surface area is 142 Å². The van der Waals surface area contributed by atoms with Crippen LogP contribution in [0.4, 0.5) is 10.3 Å². The van der Waals surface area contributed by atoms with Crippen molar-refractivity contribution < 1.29 is 9.13 Å². The fourth-order valence-electron chi connectivity index (χ4n) is 2.88. The molecule has 3 rings (SSSR count). The summed E-state index contributed by atoms with van der Waals surface area (Å²) in [6.07, 6.45) is 3.99. The summed E-state index contributed by atoms with van der Waals surface area (Å²) in [6, 6.07) is 7.63. The van der Waals surface area contributed by atoms with Crippen molar-refractivity contribution in [1.82, 2.24) is 14.9 Å². The summed E-state index contributed by atoms with van der Waals surface area (Å²) in [5.41, 5.74) is 0. The number of nitrogens with zero attached hydrogens (tertiary/aromatic N) is 4. The topological polar surface area (TPSA) is 41.5 Å². The van der Waals surface area contributed by atoms with Gasteiger partial charge in [0.2, 0.25) is 11.8 Å². The van der Waals surface area contributed by atoms with Gasteiger partial charge in [0.05, 0.1) is 0 Å². The van der Waals surface area contributed by atoms with E-state index in [2.05, 4.69) is 26.7 Å². The van der Waals surface area contributed by atoms with Crippen LogP contribution in [0.1, 0.15) is 19.8 Å². The first-order valence-electron chi connectivity index (χ1n) is 8.48. The predicted molar refractivity (Wildman–Crippen MR) is 92.1 cm³/mol. The molecule has 1 saturated heterocycles. The van der Waals surface area contributed by atoms with Crippen molar-refractivity contribution in [2.24, 2.45) is 0 Å². The Morgan fingerprint density at radius 3 is 2.71 bits per heavy atom. The largest absolute Gasteiger partial charge is 0.439 e. The maximum atomic E-state index is 13.0. The number of ether oxygens (including phenoxy) is 1. The molecule has 128 valence electrons. The van der Waals surface area contributed by atoms with Crippen LogP contribution in [0.5, 0.6) is 11.6 Å². The van der Waals surface area contributed by atoms with Gasteiger partial charge in [-0.3, -0.25) is 0 Å². The summed E-state index contributed by atoms with van der Waals surface area (Å²) in [5, 5.41) is 0. The van der Waals surface area contributed by atoms with Crippen molar-refractivity contribution in [2.45, 2.75) is 19.8 Å². The van der Waals surface area contributed by atoms with Gasteiger partial charge in [0.1, 0.15) is 11.6 Å². The number of hydrogen-bond acceptors (Lipinski definition) is 5. The highest BCUT2D eigenvalue weighted by atomic mass is 19.1. The molecule has 1 aromatic carbocycles. The summed E-state index contributed by atoms with van der Waals surface area (Å²) in [7, 11) is 0. The second kappa shape index (κ2) is 8.06. The molecule has 2 aromatic rings. The van der Waals surface area contributed by atoms with Crippen LogP contribution in [0.15, 0.2) is 36.5 Å². The van der Waals surface area contributed by atoms with Gasteiger partial charge in [0.25, 0.3) is 0 Å². The Balaban J connectivity index is 1.67. The van der Waals surface area contributed by atoms with Gasteiger partial charge in [-0.2, -0.15) is 4.98 Å². The average Bonchev–Trinajstić information content (AvgIpc) is 2.83. The van der Waals surface area contributed by atoms with E-state index in [1.165, 1.54) is 18.6 Å². The fourth-order valence-corrected chi connectivity index (χ4v) is 2.88. The molecule has 2 heterocycles. The minimum Gasteiger partial charge on any atom is -0.439 e. The quantitative estimate of drug-likeness (QED) is 0.841. The minimum absolute atomic E-state index is 0.285. The lowest BCUT2D eigenvalue weighted by Gasteiger charge is -2.21. The van der Waals surface area contributed by atoms with E-state index in [1.807, 2.05) is 0 Å². The molecule has 0 bridgehead atoms. The van der Waals surface area contributed by atoms with E-state index in [9.17, 15) is 4.39 Å². The number of hydrogen-bond donors (Lipinski definition) is 0. The van der Waals surface area contributed by atoms with Gasteiger partial charge in [-0.25, -0.2) is 9.37 Å². The second-order valence-electron chi connectivity index (χ2n) is 5.93. The van der Waals surface area contributed by atoms with E-state index < -0.39 is 0 Å². The molecule has 1 aliphatic heterocycles. The first-order chi connectivity index (χ1) is 11.7. The summed E-state index contributed by atoms with van der Waals surface area (Å²) in [4.78, 5) is 13.6. The highest BCUT2D eigenvalue weighted by Gasteiger charge is 2.17. The lowest BCUT2D eigenvalue weighted by atomic mass is 10.3. The lowest BCUT2D eigenvalue weighted by molar-refractivity contribution is 0.294. The van der Waals surface area contributed by atoms with Crippen molar-refractivity contribution in [3.63, 3.8) is 0 Å². The molecule has 1 aromatic heterocycles. The van der Waals surface area contributed by atoms with Crippen molar-refractivity contribution in [2.75, 3.05) is 37.6 Å². The predicted octanol–water partition coefficient (Wildman–Crippen LogP) is 3.33. The molecule has 0 spiro atoms. The molecule has 0 radical (unpaired) electrons. The minimum atomic E-state index is -0.285. The third-order valence-corrected chi connectivity index (χ3v) is 4.06. The van der Waals surface area contributed by atoms with Crippen LogP contribution in [0.25, 0.3) is 0 Å². The van der Waals surface area contributed by atoms with Gasteiger partial charge in [0.15, 0.2) is 0 Å². The van der Waals surface area contributed by atoms with Crippen LogP contribution >= 0.6 is 0 Å². The summed E-state index contributed by atoms with van der Waals surface area (Å²) in [5.74, 6) is 1.44. The lowest BCUT2D eigenvalue weighted by Crippen LogP contribution is -2.32. The molecule has 0 saturated carbocycles. The molecular formula is C18H23FN4O. The van der Waals surface area contributed by atoms with Crippen LogP contribution in [-0.4, -0.2) is 47.6 Å². The molecular weight excluding hydrogens is 307 g/mol. The number of aromatic nitrogens is 2. The van der Waals surface area contributed by atoms with E-state index in [0.717, 1.165) is 39.1 Å². The zero-order valence-corrected chi connectivity index (χ0v) is 14.0. The average molecular weight is 330 g/mol. The number of benzene rings is 1. The van der Waals surface area contributed by atoms with Crippen LogP contribution in [-0.2, 0) is 0 Å². The van der Waals surface area contributed by atoms with E-state index in [0.29, 0.717) is 17.6 Å². The highest BCUT2D eigenvalue weighted by Crippen LogP contribution is 2.21. The Bertz CT molecular complexity index is 650. The molecule has 0 atom stereocenters. The van der Waals surface area contributed by atoms with Crippen molar-refractivity contribution in [1.29, 1.82) is 0 Å². The van der Waals surface area contributed by atoms with Gasteiger partial charge >= 0.3 is 0 Å². The molecule has 0 amide bonds. The zero-order valence-electron chi connectivity index (χ0n) is 14.0. The van der Waals surface area contributed by atoms with Gasteiger partial charge in [0, 0.05) is 31.9 Å². The summed E-state index contributed by atoms with van der Waals surface area (Å²) >= 11 is 0. The zero-order chi connectivity index (χ0) is 16.8. The molecule has 0 N–H and O–H groups in total. The molecule has 24 heavy (non-hydrogen) atoms. The van der Waals surface area contributed by atoms with Crippen molar-refractivity contribution in [3.8, 4) is 11.6 Å². The van der Waals surface area contributed by atoms with Gasteiger partial charge in [-0.05, 0) is 50.2 Å². The first kappa shape index (κ1) is 16.6. The number of rotatable bonds is 5. The van der Waals surface area contributed by atoms with Crippen molar-refractivity contribution >= 4 is 5.95 Å². The Morgan fingerprint density at radius 2 is 1.92 bits per heavy atom. The SMILES string of the molecule is CCCN1CCCN(c2nccc(Oc3ccc(F)cc3)n2)CC1. The normalized spacial score (nSPS) is 16.0. The van der Waals surface area contributed by atoms with Crippen LogP contribution in [0.3, 0.4) is 0 Å². The number of anilines is 1. The second-order valence-corrected chi connectivity index (χ2v) is 5.93. The van der Waals surface area contributed by atoms with Gasteiger partial charge < -0.3 is 14.5 Å². The van der Waals surface area contributed by atoms with Gasteiger partial charge in [-0.15, -0.1) is 0 Å². The monoisotopic (exact) mass is 330 g/mol.